The lowest BCUT2D eigenvalue weighted by atomic mass is 9.73. The van der Waals surface area contributed by atoms with Crippen LogP contribution in [0.1, 0.15) is 41.5 Å². The number of rotatable bonds is 7. The van der Waals surface area contributed by atoms with Crippen LogP contribution in [0, 0.1) is 12.8 Å². The van der Waals surface area contributed by atoms with E-state index in [2.05, 4.69) is 54.4 Å². The number of aromatic nitrogens is 3. The van der Waals surface area contributed by atoms with Gasteiger partial charge in [0.2, 0.25) is 5.89 Å². The predicted molar refractivity (Wildman–Crippen MR) is 173 cm³/mol. The number of benzene rings is 2. The molecule has 44 heavy (non-hydrogen) atoms. The summed E-state index contributed by atoms with van der Waals surface area (Å²) in [7, 11) is 0. The highest BCUT2D eigenvalue weighted by molar-refractivity contribution is 6.34. The van der Waals surface area contributed by atoms with Crippen molar-refractivity contribution in [1.82, 2.24) is 19.9 Å². The number of aliphatic hydroxyl groups excluding tert-OH is 2. The summed E-state index contributed by atoms with van der Waals surface area (Å²) in [6, 6.07) is 15.9. The molecule has 2 unspecified atom stereocenters. The van der Waals surface area contributed by atoms with Gasteiger partial charge in [-0.3, -0.25) is 9.88 Å². The van der Waals surface area contributed by atoms with Crippen molar-refractivity contribution in [3.8, 4) is 0 Å². The van der Waals surface area contributed by atoms with Crippen LogP contribution in [0.25, 0.3) is 27.6 Å². The Hall–Kier alpha value is -4.08. The molecule has 3 N–H and O–H groups in total. The van der Waals surface area contributed by atoms with Crippen LogP contribution >= 0.6 is 11.6 Å². The van der Waals surface area contributed by atoms with Gasteiger partial charge in [-0.2, -0.15) is 0 Å². The average Bonchev–Trinajstić information content (AvgIpc) is 3.65. The second kappa shape index (κ2) is 11.4. The van der Waals surface area contributed by atoms with Crippen LogP contribution in [-0.4, -0.2) is 49.3 Å². The third-order valence-electron chi connectivity index (χ3n) is 9.00. The topological polar surface area (TPSA) is 108 Å². The lowest BCUT2D eigenvalue weighted by Gasteiger charge is -2.39. The molecule has 0 spiro atoms. The van der Waals surface area contributed by atoms with Crippen LogP contribution in [0.3, 0.4) is 0 Å². The Balaban J connectivity index is 1.37. The van der Waals surface area contributed by atoms with E-state index >= 15 is 0 Å². The molecule has 8 nitrogen and oxygen atoms in total. The van der Waals surface area contributed by atoms with Gasteiger partial charge in [-0.25, -0.2) is 9.97 Å². The first kappa shape index (κ1) is 28.7. The summed E-state index contributed by atoms with van der Waals surface area (Å²) < 4.78 is 6.49. The predicted octanol–water partition coefficient (Wildman–Crippen LogP) is 6.39. The molecule has 1 saturated heterocycles. The SMILES string of the molecule is Cc1ccccc1C1=CC=CC(Nc2nccc3c(CN4CC[C@H](O)C4)ccnc23)(c2nc3cc(CO)cc(Cl)c3o2)C1C. The van der Waals surface area contributed by atoms with Crippen LogP contribution in [0.15, 0.2) is 83.6 Å². The first-order valence-electron chi connectivity index (χ1n) is 14.9. The van der Waals surface area contributed by atoms with Gasteiger partial charge in [-0.1, -0.05) is 54.9 Å². The molecule has 1 aliphatic carbocycles. The number of pyridine rings is 2. The minimum atomic E-state index is -0.952. The molecule has 5 aromatic rings. The zero-order valence-corrected chi connectivity index (χ0v) is 25.4. The molecule has 9 heteroatoms. The van der Waals surface area contributed by atoms with Gasteiger partial charge in [-0.05, 0) is 71.5 Å². The molecule has 3 atom stereocenters. The van der Waals surface area contributed by atoms with Crippen LogP contribution in [0.5, 0.6) is 0 Å². The van der Waals surface area contributed by atoms with Crippen molar-refractivity contribution >= 4 is 45.0 Å². The molecule has 4 heterocycles. The van der Waals surface area contributed by atoms with Crippen molar-refractivity contribution < 1.29 is 14.6 Å². The highest BCUT2D eigenvalue weighted by atomic mass is 35.5. The van der Waals surface area contributed by atoms with E-state index in [9.17, 15) is 10.2 Å². The fourth-order valence-corrected chi connectivity index (χ4v) is 6.86. The third-order valence-corrected chi connectivity index (χ3v) is 9.28. The van der Waals surface area contributed by atoms with Crippen LogP contribution in [0.4, 0.5) is 5.82 Å². The number of allylic oxidation sites excluding steroid dienone is 2. The van der Waals surface area contributed by atoms with E-state index in [1.807, 2.05) is 30.5 Å². The fourth-order valence-electron chi connectivity index (χ4n) is 6.59. The normalized spacial score (nSPS) is 22.2. The number of β-amino-alcohol motifs (C(OH)–C–C–N with tert-alkyl or cyclic N) is 1. The van der Waals surface area contributed by atoms with Gasteiger partial charge in [0.25, 0.3) is 0 Å². The largest absolute Gasteiger partial charge is 0.436 e. The summed E-state index contributed by atoms with van der Waals surface area (Å²) in [5.41, 5.74) is 6.06. The standard InChI is InChI=1S/C35H34ClN5O3/c1-21-6-3-4-7-26(21)27-8-5-12-35(22(27)2,34-39-30-17-23(20-42)16-29(36)32(30)44-34)40-33-31-28(10-14-38-33)24(9-13-37-31)18-41-15-11-25(43)19-41/h3-10,12-14,16-17,22,25,42-43H,11,15,18-20H2,1-2H3,(H,38,40)/t22?,25-,35?/m0/s1. The van der Waals surface area contributed by atoms with Crippen molar-refractivity contribution in [3.63, 3.8) is 0 Å². The molecule has 2 aromatic carbocycles. The summed E-state index contributed by atoms with van der Waals surface area (Å²) in [5.74, 6) is 0.898. The Labute approximate surface area is 260 Å². The minimum absolute atomic E-state index is 0.149. The second-order valence-electron chi connectivity index (χ2n) is 11.8. The number of nitrogens with zero attached hydrogens (tertiary/aromatic N) is 4. The number of halogens is 1. The number of aryl methyl sites for hydroxylation is 1. The van der Waals surface area contributed by atoms with Crippen LogP contribution in [-0.2, 0) is 18.7 Å². The molecule has 7 rings (SSSR count). The Morgan fingerprint density at radius 3 is 2.77 bits per heavy atom. The number of hydrogen-bond acceptors (Lipinski definition) is 8. The van der Waals surface area contributed by atoms with E-state index in [0.29, 0.717) is 39.9 Å². The van der Waals surface area contributed by atoms with Gasteiger partial charge in [-0.15, -0.1) is 0 Å². The first-order chi connectivity index (χ1) is 21.4. The second-order valence-corrected chi connectivity index (χ2v) is 12.2. The molecule has 0 saturated carbocycles. The van der Waals surface area contributed by atoms with Crippen LogP contribution < -0.4 is 5.32 Å². The van der Waals surface area contributed by atoms with E-state index in [1.54, 1.807) is 18.3 Å². The molecular weight excluding hydrogens is 574 g/mol. The zero-order valence-electron chi connectivity index (χ0n) is 24.7. The zero-order chi connectivity index (χ0) is 30.4. The Morgan fingerprint density at radius 1 is 1.14 bits per heavy atom. The maximum atomic E-state index is 10.1. The molecule has 3 aromatic heterocycles. The summed E-state index contributed by atoms with van der Waals surface area (Å²) in [6.45, 7) is 6.37. The molecule has 224 valence electrons. The summed E-state index contributed by atoms with van der Waals surface area (Å²) in [5, 5.41) is 25.0. The van der Waals surface area contributed by atoms with Gasteiger partial charge in [0.1, 0.15) is 16.6 Å². The summed E-state index contributed by atoms with van der Waals surface area (Å²) >= 11 is 6.62. The van der Waals surface area contributed by atoms with Crippen molar-refractivity contribution in [1.29, 1.82) is 0 Å². The maximum Gasteiger partial charge on any atom is 0.226 e. The number of aliphatic hydroxyl groups is 2. The van der Waals surface area contributed by atoms with Crippen molar-refractivity contribution in [2.24, 2.45) is 5.92 Å². The smallest absolute Gasteiger partial charge is 0.226 e. The van der Waals surface area contributed by atoms with E-state index < -0.39 is 5.54 Å². The lowest BCUT2D eigenvalue weighted by Crippen LogP contribution is -2.42. The highest BCUT2D eigenvalue weighted by Crippen LogP contribution is 2.46. The van der Waals surface area contributed by atoms with Crippen molar-refractivity contribution in [2.75, 3.05) is 18.4 Å². The minimum Gasteiger partial charge on any atom is -0.436 e. The van der Waals surface area contributed by atoms with Crippen molar-refractivity contribution in [2.45, 2.75) is 45.1 Å². The van der Waals surface area contributed by atoms with Gasteiger partial charge in [0.05, 0.1) is 17.7 Å². The fraction of sp³-hybridized carbons (Fsp3) is 0.286. The van der Waals surface area contributed by atoms with Crippen molar-refractivity contribution in [3.05, 3.63) is 112 Å². The highest BCUT2D eigenvalue weighted by Gasteiger charge is 2.45. The molecule has 0 amide bonds. The lowest BCUT2D eigenvalue weighted by molar-refractivity contribution is 0.175. The van der Waals surface area contributed by atoms with Crippen LogP contribution in [0.2, 0.25) is 5.02 Å². The molecular formula is C35H34ClN5O3. The first-order valence-corrected chi connectivity index (χ1v) is 15.3. The number of fused-ring (bicyclic) bond motifs is 2. The monoisotopic (exact) mass is 607 g/mol. The Kier molecular flexibility index (Phi) is 7.46. The summed E-state index contributed by atoms with van der Waals surface area (Å²) in [4.78, 5) is 16.8. The molecule has 0 radical (unpaired) electrons. The Morgan fingerprint density at radius 2 is 1.98 bits per heavy atom. The van der Waals surface area contributed by atoms with E-state index in [1.165, 1.54) is 5.56 Å². The van der Waals surface area contributed by atoms with Gasteiger partial charge in [0.15, 0.2) is 11.4 Å². The average molecular weight is 608 g/mol. The molecule has 1 fully saturated rings. The molecule has 1 aliphatic heterocycles. The van der Waals surface area contributed by atoms with E-state index in [4.69, 9.17) is 31.0 Å². The molecule has 0 bridgehead atoms. The van der Waals surface area contributed by atoms with E-state index in [0.717, 1.165) is 47.1 Å². The van der Waals surface area contributed by atoms with Gasteiger partial charge in [0, 0.05) is 43.3 Å². The summed E-state index contributed by atoms with van der Waals surface area (Å²) in [6.07, 6.45) is 10.4. The van der Waals surface area contributed by atoms with Gasteiger partial charge < -0.3 is 19.9 Å². The molecule has 2 aliphatic rings. The number of likely N-dealkylation sites (tertiary alicyclic amines) is 1. The number of nitrogens with one attached hydrogen (secondary N) is 1. The van der Waals surface area contributed by atoms with E-state index in [-0.39, 0.29) is 18.6 Å². The maximum absolute atomic E-state index is 10.1. The number of oxazole rings is 1. The number of hydrogen-bond donors (Lipinski definition) is 3. The Bertz CT molecular complexity index is 1930. The number of anilines is 1. The van der Waals surface area contributed by atoms with Gasteiger partial charge >= 0.3 is 0 Å². The quantitative estimate of drug-likeness (QED) is 0.195. The third kappa shape index (κ3) is 4.98.